The van der Waals surface area contributed by atoms with Gasteiger partial charge in [-0.1, -0.05) is 48.0 Å². The van der Waals surface area contributed by atoms with Crippen LogP contribution in [0.5, 0.6) is 0 Å². The standard InChI is InChI=1S/C16H15BrN2/c1-11(2)14-7-4-8-19-10-15(18-16(14)19)12-5-3-6-13(17)9-12/h3-11H,1-2H3. The molecular formula is C16H15BrN2. The van der Waals surface area contributed by atoms with E-state index in [1.165, 1.54) is 5.56 Å². The summed E-state index contributed by atoms with van der Waals surface area (Å²) in [5.74, 6) is 0.474. The number of nitrogens with zero attached hydrogens (tertiary/aromatic N) is 2. The van der Waals surface area contributed by atoms with Crippen molar-refractivity contribution in [3.63, 3.8) is 0 Å². The van der Waals surface area contributed by atoms with Crippen molar-refractivity contribution in [1.82, 2.24) is 9.38 Å². The summed E-state index contributed by atoms with van der Waals surface area (Å²) in [5.41, 5.74) is 4.47. The van der Waals surface area contributed by atoms with E-state index in [1.807, 2.05) is 12.1 Å². The zero-order chi connectivity index (χ0) is 13.4. The highest BCUT2D eigenvalue weighted by Crippen LogP contribution is 2.26. The monoisotopic (exact) mass is 314 g/mol. The second kappa shape index (κ2) is 4.82. The van der Waals surface area contributed by atoms with Gasteiger partial charge in [0.05, 0.1) is 5.69 Å². The molecule has 0 amide bonds. The number of imidazole rings is 1. The van der Waals surface area contributed by atoms with E-state index in [-0.39, 0.29) is 0 Å². The molecule has 0 unspecified atom stereocenters. The van der Waals surface area contributed by atoms with Gasteiger partial charge in [0.25, 0.3) is 0 Å². The van der Waals surface area contributed by atoms with Crippen molar-refractivity contribution in [1.29, 1.82) is 0 Å². The van der Waals surface area contributed by atoms with Gasteiger partial charge in [-0.3, -0.25) is 0 Å². The van der Waals surface area contributed by atoms with E-state index < -0.39 is 0 Å². The van der Waals surface area contributed by atoms with Crippen LogP contribution in [0.25, 0.3) is 16.9 Å². The van der Waals surface area contributed by atoms with E-state index in [2.05, 4.69) is 70.8 Å². The Morgan fingerprint density at radius 3 is 2.74 bits per heavy atom. The third kappa shape index (κ3) is 2.30. The molecule has 0 spiro atoms. The Balaban J connectivity index is 2.19. The van der Waals surface area contributed by atoms with Crippen LogP contribution in [-0.4, -0.2) is 9.38 Å². The first-order chi connectivity index (χ1) is 9.15. The van der Waals surface area contributed by atoms with Gasteiger partial charge in [0.15, 0.2) is 0 Å². The van der Waals surface area contributed by atoms with E-state index >= 15 is 0 Å². The van der Waals surface area contributed by atoms with Crippen molar-refractivity contribution in [2.45, 2.75) is 19.8 Å². The number of aromatic nitrogens is 2. The minimum atomic E-state index is 0.474. The fourth-order valence-corrected chi connectivity index (χ4v) is 2.67. The zero-order valence-electron chi connectivity index (χ0n) is 11.0. The number of benzene rings is 1. The highest BCUT2D eigenvalue weighted by molar-refractivity contribution is 9.10. The SMILES string of the molecule is CC(C)c1cccn2cc(-c3cccc(Br)c3)nc12. The Labute approximate surface area is 121 Å². The van der Waals surface area contributed by atoms with Crippen LogP contribution in [0.1, 0.15) is 25.3 Å². The minimum absolute atomic E-state index is 0.474. The molecule has 2 nitrogen and oxygen atoms in total. The van der Waals surface area contributed by atoms with Gasteiger partial charge in [0.2, 0.25) is 0 Å². The van der Waals surface area contributed by atoms with Gasteiger partial charge in [-0.15, -0.1) is 0 Å². The van der Waals surface area contributed by atoms with Crippen molar-refractivity contribution in [2.24, 2.45) is 0 Å². The molecule has 2 heterocycles. The van der Waals surface area contributed by atoms with Crippen molar-refractivity contribution < 1.29 is 0 Å². The summed E-state index contributed by atoms with van der Waals surface area (Å²) in [6, 6.07) is 12.5. The number of hydrogen-bond acceptors (Lipinski definition) is 1. The largest absolute Gasteiger partial charge is 0.306 e. The molecule has 0 aliphatic carbocycles. The molecule has 1 aromatic carbocycles. The van der Waals surface area contributed by atoms with Crippen LogP contribution in [0.4, 0.5) is 0 Å². The number of halogens is 1. The predicted molar refractivity (Wildman–Crippen MR) is 82.4 cm³/mol. The molecule has 3 aromatic rings. The first-order valence-electron chi connectivity index (χ1n) is 6.38. The minimum Gasteiger partial charge on any atom is -0.306 e. The summed E-state index contributed by atoms with van der Waals surface area (Å²) in [4.78, 5) is 4.79. The smallest absolute Gasteiger partial charge is 0.140 e. The molecule has 0 aliphatic rings. The lowest BCUT2D eigenvalue weighted by molar-refractivity contribution is 0.863. The van der Waals surface area contributed by atoms with Crippen LogP contribution in [0.2, 0.25) is 0 Å². The summed E-state index contributed by atoms with van der Waals surface area (Å²) in [6.45, 7) is 4.39. The zero-order valence-corrected chi connectivity index (χ0v) is 12.6. The average Bonchev–Trinajstić information content (AvgIpc) is 2.82. The summed E-state index contributed by atoms with van der Waals surface area (Å²) in [6.07, 6.45) is 4.14. The quantitative estimate of drug-likeness (QED) is 0.658. The van der Waals surface area contributed by atoms with Crippen molar-refractivity contribution in [3.05, 3.63) is 58.8 Å². The number of rotatable bonds is 2. The molecule has 3 heteroatoms. The van der Waals surface area contributed by atoms with E-state index in [9.17, 15) is 0 Å². The first-order valence-corrected chi connectivity index (χ1v) is 7.18. The van der Waals surface area contributed by atoms with Crippen LogP contribution in [-0.2, 0) is 0 Å². The summed E-state index contributed by atoms with van der Waals surface area (Å²) < 4.78 is 3.18. The fraction of sp³-hybridized carbons (Fsp3) is 0.188. The first kappa shape index (κ1) is 12.4. The fourth-order valence-electron chi connectivity index (χ4n) is 2.27. The molecule has 0 bridgehead atoms. The van der Waals surface area contributed by atoms with Gasteiger partial charge in [-0.2, -0.15) is 0 Å². The topological polar surface area (TPSA) is 17.3 Å². The summed E-state index contributed by atoms with van der Waals surface area (Å²) >= 11 is 3.51. The third-order valence-corrected chi connectivity index (χ3v) is 3.75. The summed E-state index contributed by atoms with van der Waals surface area (Å²) in [5, 5.41) is 0. The van der Waals surface area contributed by atoms with Gasteiger partial charge in [0, 0.05) is 22.4 Å². The van der Waals surface area contributed by atoms with Crippen LogP contribution in [0, 0.1) is 0 Å². The Morgan fingerprint density at radius 2 is 2.00 bits per heavy atom. The number of pyridine rings is 1. The molecule has 0 radical (unpaired) electrons. The Kier molecular flexibility index (Phi) is 3.15. The lowest BCUT2D eigenvalue weighted by Gasteiger charge is -2.05. The van der Waals surface area contributed by atoms with Crippen molar-refractivity contribution in [2.75, 3.05) is 0 Å². The Hall–Kier alpha value is -1.61. The van der Waals surface area contributed by atoms with Crippen LogP contribution in [0.15, 0.2) is 53.3 Å². The Morgan fingerprint density at radius 1 is 1.16 bits per heavy atom. The molecule has 19 heavy (non-hydrogen) atoms. The maximum absolute atomic E-state index is 4.79. The molecule has 0 aliphatic heterocycles. The average molecular weight is 315 g/mol. The molecule has 0 saturated carbocycles. The van der Waals surface area contributed by atoms with Gasteiger partial charge in [-0.25, -0.2) is 4.98 Å². The lowest BCUT2D eigenvalue weighted by Crippen LogP contribution is -1.93. The maximum Gasteiger partial charge on any atom is 0.140 e. The van der Waals surface area contributed by atoms with Gasteiger partial charge < -0.3 is 4.40 Å². The lowest BCUT2D eigenvalue weighted by atomic mass is 10.1. The number of hydrogen-bond donors (Lipinski definition) is 0. The van der Waals surface area contributed by atoms with Crippen LogP contribution >= 0.6 is 15.9 Å². The Bertz CT molecular complexity index is 728. The third-order valence-electron chi connectivity index (χ3n) is 3.26. The highest BCUT2D eigenvalue weighted by atomic mass is 79.9. The van der Waals surface area contributed by atoms with Crippen LogP contribution < -0.4 is 0 Å². The molecule has 2 aromatic heterocycles. The van der Waals surface area contributed by atoms with E-state index in [1.54, 1.807) is 0 Å². The van der Waals surface area contributed by atoms with E-state index in [0.717, 1.165) is 21.4 Å². The maximum atomic E-state index is 4.79. The van der Waals surface area contributed by atoms with Crippen molar-refractivity contribution >= 4 is 21.6 Å². The molecule has 0 N–H and O–H groups in total. The molecular weight excluding hydrogens is 300 g/mol. The van der Waals surface area contributed by atoms with Gasteiger partial charge >= 0.3 is 0 Å². The van der Waals surface area contributed by atoms with E-state index in [0.29, 0.717) is 5.92 Å². The highest BCUT2D eigenvalue weighted by Gasteiger charge is 2.10. The number of fused-ring (bicyclic) bond motifs is 1. The second-order valence-electron chi connectivity index (χ2n) is 4.99. The predicted octanol–water partition coefficient (Wildman–Crippen LogP) is 4.89. The van der Waals surface area contributed by atoms with Gasteiger partial charge in [-0.05, 0) is 29.7 Å². The van der Waals surface area contributed by atoms with Gasteiger partial charge in [0.1, 0.15) is 5.65 Å². The molecule has 0 atom stereocenters. The van der Waals surface area contributed by atoms with Crippen LogP contribution in [0.3, 0.4) is 0 Å². The van der Waals surface area contributed by atoms with Crippen molar-refractivity contribution in [3.8, 4) is 11.3 Å². The summed E-state index contributed by atoms with van der Waals surface area (Å²) in [7, 11) is 0. The molecule has 0 fully saturated rings. The molecule has 3 rings (SSSR count). The molecule has 96 valence electrons. The second-order valence-corrected chi connectivity index (χ2v) is 5.90. The molecule has 0 saturated heterocycles. The van der Waals surface area contributed by atoms with E-state index in [4.69, 9.17) is 4.98 Å². The normalized spacial score (nSPS) is 11.4.